The molecule has 25 heavy (non-hydrogen) atoms. The topological polar surface area (TPSA) is 65.6 Å². The van der Waals surface area contributed by atoms with Gasteiger partial charge in [0.1, 0.15) is 18.4 Å². The van der Waals surface area contributed by atoms with E-state index in [0.717, 1.165) is 17.0 Å². The minimum absolute atomic E-state index is 0.281. The van der Waals surface area contributed by atoms with Gasteiger partial charge in [-0.15, -0.1) is 0 Å². The first-order valence-electron chi connectivity index (χ1n) is 7.45. The Morgan fingerprint density at radius 3 is 2.56 bits per heavy atom. The van der Waals surface area contributed by atoms with Crippen LogP contribution in [-0.2, 0) is 7.05 Å². The maximum Gasteiger partial charge on any atom is 0.212 e. The van der Waals surface area contributed by atoms with E-state index in [9.17, 15) is 4.79 Å². The average Bonchev–Trinajstić information content (AvgIpc) is 3.15. The maximum absolute atomic E-state index is 13.1. The van der Waals surface area contributed by atoms with Crippen molar-refractivity contribution in [2.75, 3.05) is 0 Å². The van der Waals surface area contributed by atoms with Crippen molar-refractivity contribution in [2.45, 2.75) is 13.8 Å². The summed E-state index contributed by atoms with van der Waals surface area (Å²) in [5, 5.41) is 9.22. The molecular weight excluding hydrogens is 361 g/mol. The van der Waals surface area contributed by atoms with Gasteiger partial charge in [0.25, 0.3) is 0 Å². The van der Waals surface area contributed by atoms with Crippen LogP contribution in [0.5, 0.6) is 0 Å². The summed E-state index contributed by atoms with van der Waals surface area (Å²) < 4.78 is 3.18. The highest BCUT2D eigenvalue weighted by Gasteiger charge is 2.20. The van der Waals surface area contributed by atoms with E-state index in [1.165, 1.54) is 23.4 Å². The molecule has 0 radical (unpaired) electrons. The van der Waals surface area contributed by atoms with Crippen LogP contribution in [0.25, 0.3) is 11.8 Å². The quantitative estimate of drug-likeness (QED) is 0.513. The molecule has 0 atom stereocenters. The van der Waals surface area contributed by atoms with Crippen LogP contribution >= 0.6 is 23.2 Å². The number of halogens is 2. The highest BCUT2D eigenvalue weighted by Crippen LogP contribution is 2.26. The summed E-state index contributed by atoms with van der Waals surface area (Å²) in [6, 6.07) is 4.76. The van der Waals surface area contributed by atoms with Gasteiger partial charge in [-0.05, 0) is 38.1 Å². The van der Waals surface area contributed by atoms with Gasteiger partial charge >= 0.3 is 0 Å². The predicted molar refractivity (Wildman–Crippen MR) is 97.7 cm³/mol. The Labute approximate surface area is 154 Å². The van der Waals surface area contributed by atoms with Gasteiger partial charge in [-0.3, -0.25) is 9.48 Å². The lowest BCUT2D eigenvalue weighted by atomic mass is 10.1. The Hall–Kier alpha value is -2.44. The molecule has 0 N–H and O–H groups in total. The van der Waals surface area contributed by atoms with E-state index in [1.807, 2.05) is 20.9 Å². The van der Waals surface area contributed by atoms with Crippen molar-refractivity contribution < 1.29 is 4.79 Å². The van der Waals surface area contributed by atoms with Gasteiger partial charge in [0.2, 0.25) is 5.78 Å². The Balaban J connectivity index is 2.16. The van der Waals surface area contributed by atoms with E-state index in [4.69, 9.17) is 23.2 Å². The zero-order chi connectivity index (χ0) is 18.1. The smallest absolute Gasteiger partial charge is 0.212 e. The largest absolute Gasteiger partial charge is 0.287 e. The molecule has 0 spiro atoms. The molecule has 2 heterocycles. The summed E-state index contributed by atoms with van der Waals surface area (Å²) in [6.45, 7) is 3.82. The molecule has 128 valence electrons. The lowest BCUT2D eigenvalue weighted by molar-refractivity contribution is 0.105. The lowest BCUT2D eigenvalue weighted by Gasteiger charge is -2.09. The molecule has 3 rings (SSSR count). The number of aromatic nitrogens is 5. The fraction of sp³-hybridized carbons (Fsp3) is 0.176. The molecule has 0 aliphatic carbocycles. The van der Waals surface area contributed by atoms with Crippen LogP contribution in [0.15, 0.2) is 30.9 Å². The van der Waals surface area contributed by atoms with E-state index in [-0.39, 0.29) is 10.8 Å². The number of carbonyl (C=O) groups excluding carboxylic acids is 1. The number of allylic oxidation sites excluding steroid dienone is 1. The van der Waals surface area contributed by atoms with E-state index in [1.54, 1.807) is 22.9 Å². The summed E-state index contributed by atoms with van der Waals surface area (Å²) in [5.74, 6) is -0.283. The van der Waals surface area contributed by atoms with Gasteiger partial charge in [0, 0.05) is 28.9 Å². The molecular formula is C17H15Cl2N5O. The van der Waals surface area contributed by atoms with Crippen LogP contribution in [0.1, 0.15) is 27.3 Å². The third-order valence-electron chi connectivity index (χ3n) is 3.92. The van der Waals surface area contributed by atoms with Crippen molar-refractivity contribution in [1.29, 1.82) is 0 Å². The second-order valence-corrected chi connectivity index (χ2v) is 6.37. The molecule has 0 bridgehead atoms. The molecule has 1 aromatic carbocycles. The summed E-state index contributed by atoms with van der Waals surface area (Å²) in [4.78, 5) is 17.0. The first-order chi connectivity index (χ1) is 11.9. The van der Waals surface area contributed by atoms with Crippen LogP contribution < -0.4 is 0 Å². The molecule has 0 aliphatic heterocycles. The molecule has 6 nitrogen and oxygen atoms in total. The minimum atomic E-state index is -0.283. The summed E-state index contributed by atoms with van der Waals surface area (Å²) >= 11 is 12.1. The number of benzene rings is 1. The Kier molecular flexibility index (Phi) is 4.74. The van der Waals surface area contributed by atoms with Crippen LogP contribution in [0, 0.1) is 13.8 Å². The summed E-state index contributed by atoms with van der Waals surface area (Å²) in [6.07, 6.45) is 4.59. The van der Waals surface area contributed by atoms with Crippen molar-refractivity contribution in [2.24, 2.45) is 7.05 Å². The van der Waals surface area contributed by atoms with Gasteiger partial charge in [-0.25, -0.2) is 9.67 Å². The second kappa shape index (κ2) is 6.82. The average molecular weight is 376 g/mol. The number of ketones is 1. The Bertz CT molecular complexity index is 973. The van der Waals surface area contributed by atoms with Gasteiger partial charge in [-0.2, -0.15) is 10.2 Å². The number of hydrogen-bond acceptors (Lipinski definition) is 4. The zero-order valence-corrected chi connectivity index (χ0v) is 15.4. The highest BCUT2D eigenvalue weighted by molar-refractivity contribution is 6.40. The van der Waals surface area contributed by atoms with Crippen LogP contribution in [0.3, 0.4) is 0 Å². The molecule has 0 saturated carbocycles. The van der Waals surface area contributed by atoms with Crippen molar-refractivity contribution in [1.82, 2.24) is 24.5 Å². The molecule has 0 amide bonds. The Morgan fingerprint density at radius 2 is 2.00 bits per heavy atom. The third-order valence-corrected chi connectivity index (χ3v) is 4.47. The summed E-state index contributed by atoms with van der Waals surface area (Å²) in [5.41, 5.74) is 3.26. The number of hydrogen-bond donors (Lipinski definition) is 0. The van der Waals surface area contributed by atoms with Crippen molar-refractivity contribution in [3.05, 3.63) is 63.4 Å². The van der Waals surface area contributed by atoms with Crippen molar-refractivity contribution >= 4 is 40.8 Å². The fourth-order valence-corrected chi connectivity index (χ4v) is 3.01. The van der Waals surface area contributed by atoms with Crippen LogP contribution in [-0.4, -0.2) is 30.3 Å². The first kappa shape index (κ1) is 17.4. The van der Waals surface area contributed by atoms with E-state index >= 15 is 0 Å². The minimum Gasteiger partial charge on any atom is -0.287 e. The number of Topliss-reactive ketones (excluding diaryl/α,β-unsaturated/α-hetero) is 1. The molecule has 3 aromatic rings. The standard InChI is InChI=1S/C17H15Cl2N5O/c1-10-14(11(2)23(3)22-10)7-16(24-9-20-8-21-24)17(25)13-5-4-12(18)6-15(13)19/h4-9H,1-3H3/b16-7+. The van der Waals surface area contributed by atoms with E-state index < -0.39 is 0 Å². The summed E-state index contributed by atoms with van der Waals surface area (Å²) in [7, 11) is 1.85. The monoisotopic (exact) mass is 375 g/mol. The normalized spacial score (nSPS) is 11.8. The highest BCUT2D eigenvalue weighted by atomic mass is 35.5. The molecule has 0 aliphatic rings. The maximum atomic E-state index is 13.1. The second-order valence-electron chi connectivity index (χ2n) is 5.53. The number of nitrogens with zero attached hydrogens (tertiary/aromatic N) is 5. The van der Waals surface area contributed by atoms with E-state index in [0.29, 0.717) is 16.3 Å². The zero-order valence-electron chi connectivity index (χ0n) is 13.9. The molecule has 2 aromatic heterocycles. The predicted octanol–water partition coefficient (Wildman–Crippen LogP) is 3.82. The fourth-order valence-electron chi connectivity index (χ4n) is 2.52. The first-order valence-corrected chi connectivity index (χ1v) is 8.20. The molecule has 0 fully saturated rings. The van der Waals surface area contributed by atoms with Gasteiger partial charge in [0.05, 0.1) is 10.7 Å². The number of rotatable bonds is 4. The van der Waals surface area contributed by atoms with Crippen LogP contribution in [0.4, 0.5) is 0 Å². The SMILES string of the molecule is Cc1nn(C)c(C)c1/C=C(\C(=O)c1ccc(Cl)cc1Cl)n1cncn1. The number of carbonyl (C=O) groups is 1. The Morgan fingerprint density at radius 1 is 1.24 bits per heavy atom. The molecule has 8 heteroatoms. The van der Waals surface area contributed by atoms with E-state index in [2.05, 4.69) is 15.2 Å². The molecule has 0 unspecified atom stereocenters. The third kappa shape index (κ3) is 3.36. The van der Waals surface area contributed by atoms with Gasteiger partial charge in [-0.1, -0.05) is 23.2 Å². The van der Waals surface area contributed by atoms with Gasteiger partial charge in [0.15, 0.2) is 0 Å². The van der Waals surface area contributed by atoms with Crippen LogP contribution in [0.2, 0.25) is 10.0 Å². The van der Waals surface area contributed by atoms with Gasteiger partial charge < -0.3 is 0 Å². The van der Waals surface area contributed by atoms with Crippen molar-refractivity contribution in [3.8, 4) is 0 Å². The number of aryl methyl sites for hydroxylation is 2. The van der Waals surface area contributed by atoms with Crippen molar-refractivity contribution in [3.63, 3.8) is 0 Å². The molecule has 0 saturated heterocycles. The lowest BCUT2D eigenvalue weighted by Crippen LogP contribution is -2.11.